The van der Waals surface area contributed by atoms with E-state index < -0.39 is 6.09 Å². The topological polar surface area (TPSA) is 46.6 Å². The molecule has 0 spiro atoms. The molecule has 1 aliphatic heterocycles. The predicted molar refractivity (Wildman–Crippen MR) is 79.4 cm³/mol. The van der Waals surface area contributed by atoms with Gasteiger partial charge < -0.3 is 4.74 Å². The normalized spacial score (nSPS) is 14.4. The van der Waals surface area contributed by atoms with Crippen LogP contribution in [0.15, 0.2) is 28.7 Å². The lowest BCUT2D eigenvalue weighted by Gasteiger charge is -2.10. The number of cyclic esters (lactones) is 1. The van der Waals surface area contributed by atoms with Crippen LogP contribution in [0.3, 0.4) is 0 Å². The molecule has 1 fully saturated rings. The highest BCUT2D eigenvalue weighted by Gasteiger charge is 2.27. The Morgan fingerprint density at radius 3 is 2.85 bits per heavy atom. The molecule has 0 bridgehead atoms. The van der Waals surface area contributed by atoms with E-state index in [0.29, 0.717) is 19.6 Å². The molecule has 2 rings (SSSR count). The van der Waals surface area contributed by atoms with Gasteiger partial charge in [-0.05, 0) is 37.0 Å². The van der Waals surface area contributed by atoms with Crippen molar-refractivity contribution in [2.45, 2.75) is 32.1 Å². The Labute approximate surface area is 127 Å². The molecule has 4 nitrogen and oxygen atoms in total. The largest absolute Gasteiger partial charge is 0.447 e. The number of carbonyl (C=O) groups excluding carboxylic acids is 2. The molecular weight excluding hydrogens is 322 g/mol. The van der Waals surface area contributed by atoms with E-state index >= 15 is 0 Å². The fraction of sp³-hybridized carbons (Fsp3) is 0.467. The number of ether oxygens (including phenoxy) is 1. The van der Waals surface area contributed by atoms with Gasteiger partial charge in [0.2, 0.25) is 5.91 Å². The summed E-state index contributed by atoms with van der Waals surface area (Å²) in [7, 11) is 0. The van der Waals surface area contributed by atoms with E-state index in [4.69, 9.17) is 4.74 Å². The first-order valence-corrected chi connectivity index (χ1v) is 7.67. The molecule has 5 heteroatoms. The van der Waals surface area contributed by atoms with Crippen molar-refractivity contribution in [1.82, 2.24) is 4.90 Å². The second-order valence-corrected chi connectivity index (χ2v) is 5.77. The predicted octanol–water partition coefficient (Wildman–Crippen LogP) is 3.53. The van der Waals surface area contributed by atoms with Gasteiger partial charge in [0.15, 0.2) is 0 Å². The zero-order chi connectivity index (χ0) is 14.4. The second-order valence-electron chi connectivity index (χ2n) is 4.85. The van der Waals surface area contributed by atoms with E-state index in [1.165, 1.54) is 10.5 Å². The highest BCUT2D eigenvalue weighted by atomic mass is 79.9. The van der Waals surface area contributed by atoms with Crippen molar-refractivity contribution in [3.05, 3.63) is 34.3 Å². The van der Waals surface area contributed by atoms with Crippen LogP contribution < -0.4 is 0 Å². The molecule has 2 amide bonds. The molecular formula is C15H18BrNO3. The molecule has 0 aromatic heterocycles. The third-order valence-corrected chi connectivity index (χ3v) is 3.80. The van der Waals surface area contributed by atoms with E-state index in [1.807, 2.05) is 12.1 Å². The minimum atomic E-state index is -0.496. The van der Waals surface area contributed by atoms with Crippen LogP contribution in [0.1, 0.15) is 31.2 Å². The van der Waals surface area contributed by atoms with Crippen molar-refractivity contribution in [3.63, 3.8) is 0 Å². The van der Waals surface area contributed by atoms with E-state index in [1.54, 1.807) is 0 Å². The SMILES string of the molecule is O=C(CCCCCc1cccc(Br)c1)N1CCOC1=O. The summed E-state index contributed by atoms with van der Waals surface area (Å²) in [6.45, 7) is 0.725. The molecule has 20 heavy (non-hydrogen) atoms. The lowest BCUT2D eigenvalue weighted by atomic mass is 10.1. The van der Waals surface area contributed by atoms with E-state index in [0.717, 1.165) is 30.2 Å². The lowest BCUT2D eigenvalue weighted by Crippen LogP contribution is -2.31. The van der Waals surface area contributed by atoms with Crippen LogP contribution in [0.5, 0.6) is 0 Å². The van der Waals surface area contributed by atoms with Gasteiger partial charge >= 0.3 is 6.09 Å². The van der Waals surface area contributed by atoms with E-state index in [9.17, 15) is 9.59 Å². The van der Waals surface area contributed by atoms with Crippen LogP contribution in [-0.4, -0.2) is 30.1 Å². The first-order valence-electron chi connectivity index (χ1n) is 6.88. The maximum atomic E-state index is 11.8. The van der Waals surface area contributed by atoms with Crippen LogP contribution in [-0.2, 0) is 16.0 Å². The molecule has 0 atom stereocenters. The molecule has 0 N–H and O–H groups in total. The van der Waals surface area contributed by atoms with E-state index in [-0.39, 0.29) is 5.91 Å². The molecule has 0 saturated carbocycles. The van der Waals surface area contributed by atoms with Crippen molar-refractivity contribution in [2.24, 2.45) is 0 Å². The molecule has 1 saturated heterocycles. The average Bonchev–Trinajstić information content (AvgIpc) is 2.84. The molecule has 1 aromatic rings. The standard InChI is InChI=1S/C15H18BrNO3/c16-13-7-4-6-12(11-13)5-2-1-3-8-14(18)17-9-10-20-15(17)19/h4,6-7,11H,1-3,5,8-10H2. The summed E-state index contributed by atoms with van der Waals surface area (Å²) in [5.41, 5.74) is 1.30. The quantitative estimate of drug-likeness (QED) is 0.745. The number of unbranched alkanes of at least 4 members (excludes halogenated alkanes) is 2. The Bertz CT molecular complexity index is 490. The van der Waals surface area contributed by atoms with Crippen LogP contribution in [0.4, 0.5) is 4.79 Å². The second kappa shape index (κ2) is 7.43. The van der Waals surface area contributed by atoms with Gasteiger partial charge in [0, 0.05) is 10.9 Å². The van der Waals surface area contributed by atoms with Crippen LogP contribution >= 0.6 is 15.9 Å². The minimum Gasteiger partial charge on any atom is -0.447 e. The first-order chi connectivity index (χ1) is 9.66. The number of amides is 2. The molecule has 1 aliphatic rings. The highest BCUT2D eigenvalue weighted by molar-refractivity contribution is 9.10. The Morgan fingerprint density at radius 2 is 2.15 bits per heavy atom. The molecule has 108 valence electrons. The van der Waals surface area contributed by atoms with Crippen LogP contribution in [0.25, 0.3) is 0 Å². The number of halogens is 1. The number of aryl methyl sites for hydroxylation is 1. The molecule has 0 radical (unpaired) electrons. The summed E-state index contributed by atoms with van der Waals surface area (Å²) in [6.07, 6.45) is 3.79. The maximum absolute atomic E-state index is 11.8. The van der Waals surface area contributed by atoms with Crippen LogP contribution in [0, 0.1) is 0 Å². The summed E-state index contributed by atoms with van der Waals surface area (Å²) < 4.78 is 5.84. The van der Waals surface area contributed by atoms with Gasteiger partial charge in [-0.1, -0.05) is 34.5 Å². The van der Waals surface area contributed by atoms with Gasteiger partial charge in [0.25, 0.3) is 0 Å². The van der Waals surface area contributed by atoms with Crippen LogP contribution in [0.2, 0.25) is 0 Å². The Morgan fingerprint density at radius 1 is 1.30 bits per heavy atom. The van der Waals surface area contributed by atoms with Crippen molar-refractivity contribution in [3.8, 4) is 0 Å². The monoisotopic (exact) mass is 339 g/mol. The fourth-order valence-corrected chi connectivity index (χ4v) is 2.68. The van der Waals surface area contributed by atoms with Crippen molar-refractivity contribution >= 4 is 27.9 Å². The maximum Gasteiger partial charge on any atom is 0.416 e. The number of hydrogen-bond donors (Lipinski definition) is 0. The fourth-order valence-electron chi connectivity index (χ4n) is 2.23. The third kappa shape index (κ3) is 4.34. The lowest BCUT2D eigenvalue weighted by molar-refractivity contribution is -0.127. The Hall–Kier alpha value is -1.36. The zero-order valence-electron chi connectivity index (χ0n) is 11.3. The number of nitrogens with zero attached hydrogens (tertiary/aromatic N) is 1. The highest BCUT2D eigenvalue weighted by Crippen LogP contribution is 2.15. The Kier molecular flexibility index (Phi) is 5.59. The minimum absolute atomic E-state index is 0.116. The van der Waals surface area contributed by atoms with Crippen molar-refractivity contribution in [1.29, 1.82) is 0 Å². The zero-order valence-corrected chi connectivity index (χ0v) is 12.9. The van der Waals surface area contributed by atoms with Gasteiger partial charge in [0.05, 0.1) is 6.54 Å². The summed E-state index contributed by atoms with van der Waals surface area (Å²) in [5, 5.41) is 0. The number of benzene rings is 1. The first kappa shape index (κ1) is 15.0. The van der Waals surface area contributed by atoms with Crippen molar-refractivity contribution in [2.75, 3.05) is 13.2 Å². The van der Waals surface area contributed by atoms with E-state index in [2.05, 4.69) is 28.1 Å². The summed E-state index contributed by atoms with van der Waals surface area (Å²) >= 11 is 3.45. The number of carbonyl (C=O) groups is 2. The molecule has 1 heterocycles. The molecule has 0 aliphatic carbocycles. The van der Waals surface area contributed by atoms with Gasteiger partial charge in [-0.25, -0.2) is 9.69 Å². The van der Waals surface area contributed by atoms with Gasteiger partial charge in [0.1, 0.15) is 6.61 Å². The smallest absolute Gasteiger partial charge is 0.416 e. The third-order valence-electron chi connectivity index (χ3n) is 3.31. The number of hydrogen-bond acceptors (Lipinski definition) is 3. The van der Waals surface area contributed by atoms with Gasteiger partial charge in [-0.3, -0.25) is 4.79 Å². The summed E-state index contributed by atoms with van der Waals surface area (Å²) in [5.74, 6) is -0.116. The van der Waals surface area contributed by atoms with Crippen molar-refractivity contribution < 1.29 is 14.3 Å². The Balaban J connectivity index is 1.62. The van der Waals surface area contributed by atoms with Gasteiger partial charge in [-0.2, -0.15) is 0 Å². The summed E-state index contributed by atoms with van der Waals surface area (Å²) in [6, 6.07) is 8.26. The molecule has 1 aromatic carbocycles. The van der Waals surface area contributed by atoms with Gasteiger partial charge in [-0.15, -0.1) is 0 Å². The number of imide groups is 1. The summed E-state index contributed by atoms with van der Waals surface area (Å²) in [4.78, 5) is 24.2. The average molecular weight is 340 g/mol. The molecule has 0 unspecified atom stereocenters. The number of rotatable bonds is 6.